The standard InChI is InChI=1S/C21H19FN4O2/c1-2-27-11-12-28-18-8-10-19-15(13-18)3-9-20(23-19)21-14-26(25-24-21)17-6-4-16(22)5-7-17/h3-10,13-14H,2,11-12H2,1H3. The van der Waals surface area contributed by atoms with Crippen molar-refractivity contribution in [2.24, 2.45) is 0 Å². The highest BCUT2D eigenvalue weighted by Crippen LogP contribution is 2.23. The van der Waals surface area contributed by atoms with E-state index in [2.05, 4.69) is 15.3 Å². The van der Waals surface area contributed by atoms with Gasteiger partial charge in [-0.05, 0) is 55.5 Å². The molecule has 0 radical (unpaired) electrons. The fourth-order valence-corrected chi connectivity index (χ4v) is 2.80. The van der Waals surface area contributed by atoms with E-state index < -0.39 is 0 Å². The smallest absolute Gasteiger partial charge is 0.131 e. The summed E-state index contributed by atoms with van der Waals surface area (Å²) in [5, 5.41) is 9.27. The SMILES string of the molecule is CCOCCOc1ccc2nc(-c3cn(-c4ccc(F)cc4)nn3)ccc2c1. The predicted octanol–water partition coefficient (Wildman–Crippen LogP) is 4.04. The zero-order valence-corrected chi connectivity index (χ0v) is 15.4. The number of benzene rings is 2. The van der Waals surface area contributed by atoms with Gasteiger partial charge >= 0.3 is 0 Å². The molecule has 0 unspecified atom stereocenters. The molecule has 2 aromatic heterocycles. The third-order valence-electron chi connectivity index (χ3n) is 4.21. The molecule has 0 fully saturated rings. The molecule has 7 heteroatoms. The number of aromatic nitrogens is 4. The van der Waals surface area contributed by atoms with Crippen LogP contribution in [0.15, 0.2) is 60.8 Å². The molecule has 28 heavy (non-hydrogen) atoms. The van der Waals surface area contributed by atoms with Gasteiger partial charge in [0.1, 0.15) is 23.9 Å². The number of nitrogens with zero attached hydrogens (tertiary/aromatic N) is 4. The van der Waals surface area contributed by atoms with Crippen LogP contribution in [0, 0.1) is 5.82 Å². The molecule has 0 saturated carbocycles. The molecule has 0 aliphatic carbocycles. The Morgan fingerprint density at radius 2 is 1.82 bits per heavy atom. The van der Waals surface area contributed by atoms with E-state index in [9.17, 15) is 4.39 Å². The minimum atomic E-state index is -0.290. The van der Waals surface area contributed by atoms with Gasteiger partial charge < -0.3 is 9.47 Å². The largest absolute Gasteiger partial charge is 0.491 e. The van der Waals surface area contributed by atoms with E-state index in [0.717, 1.165) is 22.3 Å². The molecule has 0 aliphatic rings. The molecule has 142 valence electrons. The van der Waals surface area contributed by atoms with Crippen LogP contribution in [0.1, 0.15) is 6.92 Å². The Bertz CT molecular complexity index is 1080. The number of ether oxygens (including phenoxy) is 2. The average molecular weight is 378 g/mol. The Balaban J connectivity index is 1.54. The maximum absolute atomic E-state index is 13.1. The molecule has 4 rings (SSSR count). The first-order valence-corrected chi connectivity index (χ1v) is 9.03. The normalized spacial score (nSPS) is 11.1. The molecular weight excluding hydrogens is 359 g/mol. The van der Waals surface area contributed by atoms with Crippen molar-refractivity contribution < 1.29 is 13.9 Å². The first-order chi connectivity index (χ1) is 13.7. The number of hydrogen-bond donors (Lipinski definition) is 0. The van der Waals surface area contributed by atoms with E-state index >= 15 is 0 Å². The van der Waals surface area contributed by atoms with E-state index in [-0.39, 0.29) is 5.82 Å². The molecule has 0 bridgehead atoms. The molecule has 0 spiro atoms. The Kier molecular flexibility index (Phi) is 5.25. The van der Waals surface area contributed by atoms with Crippen LogP contribution in [-0.4, -0.2) is 39.8 Å². The lowest BCUT2D eigenvalue weighted by atomic mass is 10.2. The summed E-state index contributed by atoms with van der Waals surface area (Å²) in [5.74, 6) is 0.491. The minimum absolute atomic E-state index is 0.290. The van der Waals surface area contributed by atoms with Gasteiger partial charge in [-0.2, -0.15) is 0 Å². The summed E-state index contributed by atoms with van der Waals surface area (Å²) in [6.45, 7) is 3.71. The lowest BCUT2D eigenvalue weighted by Gasteiger charge is -2.07. The van der Waals surface area contributed by atoms with Crippen molar-refractivity contribution >= 4 is 10.9 Å². The van der Waals surface area contributed by atoms with Crippen molar-refractivity contribution in [3.8, 4) is 22.8 Å². The lowest BCUT2D eigenvalue weighted by Crippen LogP contribution is -2.06. The molecule has 0 N–H and O–H groups in total. The molecule has 0 aliphatic heterocycles. The van der Waals surface area contributed by atoms with Crippen LogP contribution >= 0.6 is 0 Å². The average Bonchev–Trinajstić information content (AvgIpc) is 3.21. The fourth-order valence-electron chi connectivity index (χ4n) is 2.80. The van der Waals surface area contributed by atoms with E-state index in [1.807, 2.05) is 37.3 Å². The summed E-state index contributed by atoms with van der Waals surface area (Å²) in [6, 6.07) is 15.7. The van der Waals surface area contributed by atoms with Crippen molar-refractivity contribution in [1.82, 2.24) is 20.0 Å². The van der Waals surface area contributed by atoms with E-state index in [4.69, 9.17) is 9.47 Å². The van der Waals surface area contributed by atoms with Crippen LogP contribution in [0.25, 0.3) is 28.0 Å². The Morgan fingerprint density at radius 1 is 0.964 bits per heavy atom. The lowest BCUT2D eigenvalue weighted by molar-refractivity contribution is 0.110. The second-order valence-electron chi connectivity index (χ2n) is 6.12. The van der Waals surface area contributed by atoms with E-state index in [1.54, 1.807) is 23.0 Å². The van der Waals surface area contributed by atoms with E-state index in [1.165, 1.54) is 12.1 Å². The molecule has 0 amide bonds. The summed E-state index contributed by atoms with van der Waals surface area (Å²) in [7, 11) is 0. The van der Waals surface area contributed by atoms with Crippen LogP contribution in [0.2, 0.25) is 0 Å². The van der Waals surface area contributed by atoms with Gasteiger partial charge in [-0.15, -0.1) is 5.10 Å². The van der Waals surface area contributed by atoms with Gasteiger partial charge in [-0.1, -0.05) is 11.3 Å². The maximum atomic E-state index is 13.1. The molecule has 6 nitrogen and oxygen atoms in total. The topological polar surface area (TPSA) is 62.1 Å². The van der Waals surface area contributed by atoms with Crippen LogP contribution < -0.4 is 4.74 Å². The Labute approximate surface area is 161 Å². The maximum Gasteiger partial charge on any atom is 0.131 e. The highest BCUT2D eigenvalue weighted by atomic mass is 19.1. The van der Waals surface area contributed by atoms with Gasteiger partial charge in [0.15, 0.2) is 0 Å². The van der Waals surface area contributed by atoms with Crippen LogP contribution in [-0.2, 0) is 4.74 Å². The third-order valence-corrected chi connectivity index (χ3v) is 4.21. The van der Waals surface area contributed by atoms with Gasteiger partial charge in [0.2, 0.25) is 0 Å². The van der Waals surface area contributed by atoms with Crippen molar-refractivity contribution in [2.75, 3.05) is 19.8 Å². The predicted molar refractivity (Wildman–Crippen MR) is 104 cm³/mol. The molecule has 2 heterocycles. The van der Waals surface area contributed by atoms with Gasteiger partial charge in [0, 0.05) is 12.0 Å². The van der Waals surface area contributed by atoms with Gasteiger partial charge in [-0.3, -0.25) is 0 Å². The number of hydrogen-bond acceptors (Lipinski definition) is 5. The summed E-state index contributed by atoms with van der Waals surface area (Å²) < 4.78 is 25.6. The van der Waals surface area contributed by atoms with Crippen molar-refractivity contribution in [3.05, 3.63) is 66.6 Å². The Hall–Kier alpha value is -3.32. The highest BCUT2D eigenvalue weighted by molar-refractivity contribution is 5.82. The van der Waals surface area contributed by atoms with Crippen LogP contribution in [0.4, 0.5) is 4.39 Å². The van der Waals surface area contributed by atoms with Crippen molar-refractivity contribution in [2.45, 2.75) is 6.92 Å². The highest BCUT2D eigenvalue weighted by Gasteiger charge is 2.08. The zero-order valence-electron chi connectivity index (χ0n) is 15.4. The van der Waals surface area contributed by atoms with Gasteiger partial charge in [0.25, 0.3) is 0 Å². The van der Waals surface area contributed by atoms with Crippen LogP contribution in [0.5, 0.6) is 5.75 Å². The molecule has 0 atom stereocenters. The summed E-state index contributed by atoms with van der Waals surface area (Å²) in [6.07, 6.45) is 1.77. The number of fused-ring (bicyclic) bond motifs is 1. The monoisotopic (exact) mass is 378 g/mol. The van der Waals surface area contributed by atoms with E-state index in [0.29, 0.717) is 31.2 Å². The quantitative estimate of drug-likeness (QED) is 0.454. The number of halogens is 1. The Morgan fingerprint density at radius 3 is 2.64 bits per heavy atom. The second-order valence-corrected chi connectivity index (χ2v) is 6.12. The zero-order chi connectivity index (χ0) is 19.3. The fraction of sp³-hybridized carbons (Fsp3) is 0.190. The summed E-state index contributed by atoms with van der Waals surface area (Å²) in [5.41, 5.74) is 2.93. The summed E-state index contributed by atoms with van der Waals surface area (Å²) >= 11 is 0. The number of rotatable bonds is 7. The first-order valence-electron chi connectivity index (χ1n) is 9.03. The summed E-state index contributed by atoms with van der Waals surface area (Å²) in [4.78, 5) is 4.66. The van der Waals surface area contributed by atoms with Gasteiger partial charge in [-0.25, -0.2) is 14.1 Å². The van der Waals surface area contributed by atoms with Gasteiger partial charge in [0.05, 0.1) is 29.7 Å². The molecule has 4 aromatic rings. The van der Waals surface area contributed by atoms with Crippen molar-refractivity contribution in [1.29, 1.82) is 0 Å². The van der Waals surface area contributed by atoms with Crippen molar-refractivity contribution in [3.63, 3.8) is 0 Å². The third kappa shape index (κ3) is 3.99. The van der Waals surface area contributed by atoms with Crippen LogP contribution in [0.3, 0.4) is 0 Å². The molecule has 2 aromatic carbocycles. The number of pyridine rings is 1. The molecular formula is C21H19FN4O2. The molecule has 0 saturated heterocycles. The first kappa shape index (κ1) is 18.1. The second kappa shape index (κ2) is 8.14. The minimum Gasteiger partial charge on any atom is -0.491 e.